The maximum Gasteiger partial charge on any atom is 0.119 e. The van der Waals surface area contributed by atoms with E-state index in [0.29, 0.717) is 5.41 Å². The first-order valence-electron chi connectivity index (χ1n) is 7.96. The molecule has 1 aromatic carbocycles. The molecule has 2 aromatic rings. The summed E-state index contributed by atoms with van der Waals surface area (Å²) in [4.78, 5) is 4.91. The molecule has 1 spiro atoms. The summed E-state index contributed by atoms with van der Waals surface area (Å²) in [5.41, 5.74) is 11.4. The van der Waals surface area contributed by atoms with Crippen LogP contribution in [0, 0.1) is 5.41 Å². The fourth-order valence-corrected chi connectivity index (χ4v) is 4.28. The summed E-state index contributed by atoms with van der Waals surface area (Å²) >= 11 is 0. The largest absolute Gasteiger partial charge is 0.497 e. The summed E-state index contributed by atoms with van der Waals surface area (Å²) in [5.74, 6) is 0.848. The lowest BCUT2D eigenvalue weighted by Crippen LogP contribution is -2.24. The number of hydrogen-bond acceptors (Lipinski definition) is 3. The van der Waals surface area contributed by atoms with Gasteiger partial charge in [-0.05, 0) is 54.9 Å². The topological polar surface area (TPSA) is 48.1 Å². The first kappa shape index (κ1) is 12.9. The van der Waals surface area contributed by atoms with Gasteiger partial charge in [0.25, 0.3) is 0 Å². The predicted octanol–water partition coefficient (Wildman–Crippen LogP) is 3.87. The molecule has 110 valence electrons. The number of nitrogen functional groups attached to an aromatic ring is 1. The third kappa shape index (κ3) is 1.98. The normalized spacial score (nSPS) is 19.9. The Bertz CT molecular complexity index is 702. The Kier molecular flexibility index (Phi) is 2.84. The van der Waals surface area contributed by atoms with E-state index in [0.717, 1.165) is 35.2 Å². The van der Waals surface area contributed by atoms with Crippen LogP contribution in [0.3, 0.4) is 0 Å². The van der Waals surface area contributed by atoms with Crippen LogP contribution in [-0.4, -0.2) is 12.1 Å². The zero-order valence-electron chi connectivity index (χ0n) is 12.6. The molecule has 0 aliphatic heterocycles. The summed E-state index contributed by atoms with van der Waals surface area (Å²) < 4.78 is 5.32. The van der Waals surface area contributed by atoms with Gasteiger partial charge in [0.2, 0.25) is 0 Å². The van der Waals surface area contributed by atoms with Gasteiger partial charge in [-0.2, -0.15) is 0 Å². The van der Waals surface area contributed by atoms with E-state index in [1.165, 1.54) is 43.4 Å². The Labute approximate surface area is 125 Å². The highest BCUT2D eigenvalue weighted by Crippen LogP contribution is 2.49. The second-order valence-electron chi connectivity index (χ2n) is 6.75. The number of benzene rings is 1. The average Bonchev–Trinajstić information content (AvgIpc) is 2.86. The van der Waals surface area contributed by atoms with E-state index in [1.807, 2.05) is 18.2 Å². The van der Waals surface area contributed by atoms with Crippen molar-refractivity contribution >= 4 is 16.6 Å². The lowest BCUT2D eigenvalue weighted by molar-refractivity contribution is 0.202. The van der Waals surface area contributed by atoms with Crippen LogP contribution in [-0.2, 0) is 12.8 Å². The maximum absolute atomic E-state index is 6.49. The van der Waals surface area contributed by atoms with E-state index < -0.39 is 0 Å². The number of methoxy groups -OCH3 is 1. The average molecular weight is 282 g/mol. The molecule has 1 heterocycles. The fraction of sp³-hybridized carbons (Fsp3) is 0.500. The van der Waals surface area contributed by atoms with E-state index in [2.05, 4.69) is 0 Å². The molecule has 0 radical (unpaired) electrons. The number of rotatable bonds is 1. The van der Waals surface area contributed by atoms with Crippen LogP contribution in [0.15, 0.2) is 18.2 Å². The van der Waals surface area contributed by atoms with E-state index in [4.69, 9.17) is 15.5 Å². The maximum atomic E-state index is 6.49. The minimum atomic E-state index is 0.448. The molecule has 2 aliphatic carbocycles. The quantitative estimate of drug-likeness (QED) is 0.863. The molecule has 1 fully saturated rings. The molecular weight excluding hydrogens is 260 g/mol. The van der Waals surface area contributed by atoms with Crippen molar-refractivity contribution in [3.05, 3.63) is 29.5 Å². The predicted molar refractivity (Wildman–Crippen MR) is 85.6 cm³/mol. The molecule has 1 saturated carbocycles. The van der Waals surface area contributed by atoms with Gasteiger partial charge in [0.15, 0.2) is 0 Å². The zero-order valence-corrected chi connectivity index (χ0v) is 12.6. The second-order valence-corrected chi connectivity index (χ2v) is 6.75. The first-order valence-corrected chi connectivity index (χ1v) is 7.96. The van der Waals surface area contributed by atoms with E-state index >= 15 is 0 Å². The van der Waals surface area contributed by atoms with Crippen molar-refractivity contribution in [2.24, 2.45) is 5.41 Å². The van der Waals surface area contributed by atoms with Crippen molar-refractivity contribution in [2.75, 3.05) is 12.8 Å². The molecule has 21 heavy (non-hydrogen) atoms. The molecule has 3 heteroatoms. The number of nitrogens with zero attached hydrogens (tertiary/aromatic N) is 1. The van der Waals surface area contributed by atoms with Crippen molar-refractivity contribution in [1.82, 2.24) is 4.98 Å². The van der Waals surface area contributed by atoms with Crippen LogP contribution >= 0.6 is 0 Å². The molecule has 4 rings (SSSR count). The van der Waals surface area contributed by atoms with Gasteiger partial charge in [-0.1, -0.05) is 19.3 Å². The van der Waals surface area contributed by atoms with Gasteiger partial charge < -0.3 is 10.5 Å². The van der Waals surface area contributed by atoms with Crippen LogP contribution in [0.2, 0.25) is 0 Å². The van der Waals surface area contributed by atoms with Crippen LogP contribution in [0.25, 0.3) is 10.9 Å². The van der Waals surface area contributed by atoms with Crippen LogP contribution < -0.4 is 10.5 Å². The van der Waals surface area contributed by atoms with Crippen LogP contribution in [0.4, 0.5) is 5.69 Å². The number of nitrogens with two attached hydrogens (primary N) is 1. The minimum absolute atomic E-state index is 0.448. The lowest BCUT2D eigenvalue weighted by atomic mass is 9.72. The van der Waals surface area contributed by atoms with Crippen molar-refractivity contribution in [3.63, 3.8) is 0 Å². The number of aromatic nitrogens is 1. The van der Waals surface area contributed by atoms with Crippen molar-refractivity contribution in [1.29, 1.82) is 0 Å². The first-order chi connectivity index (χ1) is 10.2. The molecule has 2 N–H and O–H groups in total. The van der Waals surface area contributed by atoms with E-state index in [9.17, 15) is 0 Å². The summed E-state index contributed by atoms with van der Waals surface area (Å²) in [6.07, 6.45) is 9.02. The van der Waals surface area contributed by atoms with Crippen molar-refractivity contribution in [2.45, 2.75) is 44.9 Å². The third-order valence-corrected chi connectivity index (χ3v) is 5.43. The minimum Gasteiger partial charge on any atom is -0.497 e. The van der Waals surface area contributed by atoms with E-state index in [1.54, 1.807) is 7.11 Å². The van der Waals surface area contributed by atoms with Gasteiger partial charge >= 0.3 is 0 Å². The third-order valence-electron chi connectivity index (χ3n) is 5.43. The summed E-state index contributed by atoms with van der Waals surface area (Å²) in [6, 6.07) is 6.01. The summed E-state index contributed by atoms with van der Waals surface area (Å²) in [5, 5.41) is 1.04. The number of anilines is 1. The molecule has 0 saturated heterocycles. The Morgan fingerprint density at radius 1 is 1.14 bits per heavy atom. The van der Waals surface area contributed by atoms with Gasteiger partial charge in [-0.3, -0.25) is 4.98 Å². The smallest absolute Gasteiger partial charge is 0.119 e. The molecule has 3 nitrogen and oxygen atoms in total. The number of fused-ring (bicyclic) bond motifs is 2. The summed E-state index contributed by atoms with van der Waals surface area (Å²) in [6.45, 7) is 0. The highest BCUT2D eigenvalue weighted by molar-refractivity contribution is 5.93. The van der Waals surface area contributed by atoms with Crippen molar-refractivity contribution in [3.8, 4) is 5.75 Å². The van der Waals surface area contributed by atoms with Gasteiger partial charge in [0.1, 0.15) is 5.75 Å². The molecule has 0 amide bonds. The molecule has 0 bridgehead atoms. The Hall–Kier alpha value is -1.77. The number of ether oxygens (including phenoxy) is 1. The highest BCUT2D eigenvalue weighted by atomic mass is 16.5. The zero-order chi connectivity index (χ0) is 14.4. The van der Waals surface area contributed by atoms with Crippen LogP contribution in [0.1, 0.15) is 43.4 Å². The molecule has 0 unspecified atom stereocenters. The van der Waals surface area contributed by atoms with Gasteiger partial charge in [0.05, 0.1) is 12.6 Å². The fourth-order valence-electron chi connectivity index (χ4n) is 4.28. The monoisotopic (exact) mass is 282 g/mol. The molecule has 1 aromatic heterocycles. The van der Waals surface area contributed by atoms with E-state index in [-0.39, 0.29) is 0 Å². The lowest BCUT2D eigenvalue weighted by Gasteiger charge is -2.32. The molecule has 0 atom stereocenters. The number of hydrogen-bond donors (Lipinski definition) is 1. The molecule has 2 aliphatic rings. The Balaban J connectivity index is 1.82. The standard InChI is InChI=1S/C18H22N2O/c1-21-12-5-6-15-13(9-12)17(19)14-10-18(11-16(14)20-15)7-3-2-4-8-18/h5-6,9H,2-4,7-8,10-11H2,1H3,(H2,19,20). The number of pyridine rings is 1. The Morgan fingerprint density at radius 2 is 1.95 bits per heavy atom. The van der Waals surface area contributed by atoms with Gasteiger partial charge in [-0.25, -0.2) is 0 Å². The van der Waals surface area contributed by atoms with Crippen LogP contribution in [0.5, 0.6) is 5.75 Å². The van der Waals surface area contributed by atoms with Crippen molar-refractivity contribution < 1.29 is 4.74 Å². The second kappa shape index (κ2) is 4.62. The van der Waals surface area contributed by atoms with Gasteiger partial charge in [-0.15, -0.1) is 0 Å². The SMILES string of the molecule is COc1ccc2nc3c(c(N)c2c1)CC1(CCCCC1)C3. The summed E-state index contributed by atoms with van der Waals surface area (Å²) in [7, 11) is 1.69. The Morgan fingerprint density at radius 3 is 2.71 bits per heavy atom. The highest BCUT2D eigenvalue weighted by Gasteiger charge is 2.40. The molecular formula is C18H22N2O. The van der Waals surface area contributed by atoms with Gasteiger partial charge in [0, 0.05) is 16.8 Å².